The van der Waals surface area contributed by atoms with Crippen molar-refractivity contribution in [3.05, 3.63) is 58.8 Å². The second-order valence-electron chi connectivity index (χ2n) is 8.57. The normalized spacial score (nSPS) is 14.2. The molecule has 0 spiro atoms. The zero-order valence-electron chi connectivity index (χ0n) is 17.7. The lowest BCUT2D eigenvalue weighted by atomic mass is 9.92. The fraction of sp³-hybridized carbons (Fsp3) is 0.364. The zero-order valence-corrected chi connectivity index (χ0v) is 18.4. The molecular weight excluding hydrogens is 419 g/mol. The van der Waals surface area contributed by atoms with Crippen molar-refractivity contribution in [2.75, 3.05) is 23.3 Å². The molecule has 2 aromatic heterocycles. The molecule has 3 heterocycles. The van der Waals surface area contributed by atoms with Gasteiger partial charge >= 0.3 is 0 Å². The van der Waals surface area contributed by atoms with Crippen molar-refractivity contribution in [2.45, 2.75) is 39.0 Å². The van der Waals surface area contributed by atoms with Crippen LogP contribution in [0, 0.1) is 5.82 Å². The molecule has 0 saturated carbocycles. The third-order valence-electron chi connectivity index (χ3n) is 5.13. The lowest BCUT2D eigenvalue weighted by molar-refractivity contribution is 0.102. The van der Waals surface area contributed by atoms with Crippen molar-refractivity contribution in [1.29, 1.82) is 0 Å². The van der Waals surface area contributed by atoms with Gasteiger partial charge in [0.1, 0.15) is 11.6 Å². The van der Waals surface area contributed by atoms with Crippen LogP contribution in [0.25, 0.3) is 5.69 Å². The number of halogens is 2. The lowest BCUT2D eigenvalue weighted by Crippen LogP contribution is -2.23. The Bertz CT molecular complexity index is 1100. The number of aromatic nitrogens is 4. The standard InChI is InChI=1S/C22H24ClFN6O/c1-22(2,3)17-12-18(30(28-17)15-8-6-14(24)7-9-15)26-20(31)19-16(23)13-25-21(27-19)29-10-4-5-11-29/h6-9,12-13H,4-5,10-11H2,1-3H3,(H,26,31). The first-order chi connectivity index (χ1) is 14.7. The number of benzene rings is 1. The van der Waals surface area contributed by atoms with Crippen LogP contribution in [-0.2, 0) is 5.41 Å². The summed E-state index contributed by atoms with van der Waals surface area (Å²) in [5.41, 5.74) is 1.25. The van der Waals surface area contributed by atoms with Gasteiger partial charge in [-0.2, -0.15) is 5.10 Å². The first-order valence-electron chi connectivity index (χ1n) is 10.2. The van der Waals surface area contributed by atoms with Crippen LogP contribution in [0.4, 0.5) is 16.2 Å². The summed E-state index contributed by atoms with van der Waals surface area (Å²) >= 11 is 6.25. The molecule has 1 fully saturated rings. The topological polar surface area (TPSA) is 75.9 Å². The molecule has 7 nitrogen and oxygen atoms in total. The Balaban J connectivity index is 1.68. The van der Waals surface area contributed by atoms with E-state index in [9.17, 15) is 9.18 Å². The summed E-state index contributed by atoms with van der Waals surface area (Å²) in [4.78, 5) is 23.8. The highest BCUT2D eigenvalue weighted by molar-refractivity contribution is 6.34. The largest absolute Gasteiger partial charge is 0.341 e. The van der Waals surface area contributed by atoms with Crippen LogP contribution < -0.4 is 10.2 Å². The molecule has 162 valence electrons. The maximum absolute atomic E-state index is 13.4. The second-order valence-corrected chi connectivity index (χ2v) is 8.98. The number of anilines is 2. The van der Waals surface area contributed by atoms with Gasteiger partial charge in [0.05, 0.1) is 22.6 Å². The van der Waals surface area contributed by atoms with E-state index in [4.69, 9.17) is 11.6 Å². The first kappa shape index (κ1) is 21.2. The summed E-state index contributed by atoms with van der Waals surface area (Å²) in [7, 11) is 0. The molecular formula is C22H24ClFN6O. The Labute approximate surface area is 185 Å². The summed E-state index contributed by atoms with van der Waals surface area (Å²) in [5.74, 6) is 0.129. The van der Waals surface area contributed by atoms with Gasteiger partial charge in [-0.05, 0) is 37.1 Å². The number of amides is 1. The van der Waals surface area contributed by atoms with E-state index < -0.39 is 5.91 Å². The van der Waals surface area contributed by atoms with Crippen LogP contribution in [0.5, 0.6) is 0 Å². The minimum Gasteiger partial charge on any atom is -0.341 e. The van der Waals surface area contributed by atoms with Gasteiger partial charge in [-0.1, -0.05) is 32.4 Å². The molecule has 4 rings (SSSR count). The second kappa shape index (κ2) is 8.26. The minimum absolute atomic E-state index is 0.0998. The summed E-state index contributed by atoms with van der Waals surface area (Å²) < 4.78 is 15.0. The highest BCUT2D eigenvalue weighted by Gasteiger charge is 2.24. The summed E-state index contributed by atoms with van der Waals surface area (Å²) in [6, 6.07) is 7.71. The van der Waals surface area contributed by atoms with Crippen molar-refractivity contribution in [3.63, 3.8) is 0 Å². The van der Waals surface area contributed by atoms with E-state index >= 15 is 0 Å². The van der Waals surface area contributed by atoms with Gasteiger partial charge in [0.15, 0.2) is 5.69 Å². The highest BCUT2D eigenvalue weighted by atomic mass is 35.5. The van der Waals surface area contributed by atoms with Gasteiger partial charge in [0.2, 0.25) is 5.95 Å². The van der Waals surface area contributed by atoms with Crippen LogP contribution in [0.3, 0.4) is 0 Å². The van der Waals surface area contributed by atoms with Gasteiger partial charge in [0.25, 0.3) is 5.91 Å². The molecule has 1 amide bonds. The number of nitrogens with one attached hydrogen (secondary N) is 1. The summed E-state index contributed by atoms with van der Waals surface area (Å²) in [5, 5.41) is 7.67. The quantitative estimate of drug-likeness (QED) is 0.638. The Kier molecular flexibility index (Phi) is 5.66. The molecule has 1 aliphatic rings. The van der Waals surface area contributed by atoms with E-state index in [0.717, 1.165) is 31.6 Å². The van der Waals surface area contributed by atoms with Crippen LogP contribution in [0.1, 0.15) is 49.8 Å². The summed E-state index contributed by atoms with van der Waals surface area (Å²) in [6.45, 7) is 7.79. The maximum atomic E-state index is 13.4. The van der Waals surface area contributed by atoms with E-state index in [0.29, 0.717) is 17.5 Å². The number of nitrogens with zero attached hydrogens (tertiary/aromatic N) is 5. The van der Waals surface area contributed by atoms with E-state index in [1.807, 2.05) is 25.7 Å². The van der Waals surface area contributed by atoms with Gasteiger partial charge in [0, 0.05) is 24.6 Å². The number of carbonyl (C=O) groups excluding carboxylic acids is 1. The molecule has 0 radical (unpaired) electrons. The molecule has 1 aromatic carbocycles. The zero-order chi connectivity index (χ0) is 22.2. The number of rotatable bonds is 4. The van der Waals surface area contributed by atoms with E-state index in [1.165, 1.54) is 18.3 Å². The molecule has 0 atom stereocenters. The summed E-state index contributed by atoms with van der Waals surface area (Å²) in [6.07, 6.45) is 3.59. The Morgan fingerprint density at radius 3 is 2.48 bits per heavy atom. The molecule has 0 bridgehead atoms. The molecule has 0 unspecified atom stereocenters. The first-order valence-corrected chi connectivity index (χ1v) is 10.6. The average Bonchev–Trinajstić information content (AvgIpc) is 3.39. The predicted octanol–water partition coefficient (Wildman–Crippen LogP) is 4.60. The Morgan fingerprint density at radius 2 is 1.84 bits per heavy atom. The van der Waals surface area contributed by atoms with E-state index in [-0.39, 0.29) is 21.9 Å². The van der Waals surface area contributed by atoms with Crippen molar-refractivity contribution in [3.8, 4) is 5.69 Å². The number of hydrogen-bond donors (Lipinski definition) is 1. The fourth-order valence-corrected chi connectivity index (χ4v) is 3.55. The van der Waals surface area contributed by atoms with Crippen LogP contribution in [0.2, 0.25) is 5.02 Å². The van der Waals surface area contributed by atoms with Crippen LogP contribution in [-0.4, -0.2) is 38.7 Å². The van der Waals surface area contributed by atoms with Crippen LogP contribution in [0.15, 0.2) is 36.5 Å². The van der Waals surface area contributed by atoms with Crippen molar-refractivity contribution >= 4 is 29.3 Å². The van der Waals surface area contributed by atoms with Crippen molar-refractivity contribution < 1.29 is 9.18 Å². The third kappa shape index (κ3) is 4.54. The van der Waals surface area contributed by atoms with Crippen molar-refractivity contribution in [1.82, 2.24) is 19.7 Å². The third-order valence-corrected chi connectivity index (χ3v) is 5.40. The minimum atomic E-state index is -0.462. The van der Waals surface area contributed by atoms with Crippen LogP contribution >= 0.6 is 11.6 Å². The van der Waals surface area contributed by atoms with Gasteiger partial charge < -0.3 is 10.2 Å². The molecule has 3 aromatic rings. The van der Waals surface area contributed by atoms with Gasteiger partial charge in [-0.15, -0.1) is 0 Å². The smallest absolute Gasteiger partial charge is 0.277 e. The number of hydrogen-bond acceptors (Lipinski definition) is 5. The Morgan fingerprint density at radius 1 is 1.16 bits per heavy atom. The Hall–Kier alpha value is -3.00. The van der Waals surface area contributed by atoms with E-state index in [2.05, 4.69) is 20.4 Å². The lowest BCUT2D eigenvalue weighted by Gasteiger charge is -2.16. The fourth-order valence-electron chi connectivity index (χ4n) is 3.38. The SMILES string of the molecule is CC(C)(C)c1cc(NC(=O)c2nc(N3CCCC3)ncc2Cl)n(-c2ccc(F)cc2)n1. The van der Waals surface area contributed by atoms with Gasteiger partial charge in [-0.3, -0.25) is 4.79 Å². The molecule has 1 saturated heterocycles. The van der Waals surface area contributed by atoms with E-state index in [1.54, 1.807) is 22.9 Å². The molecule has 9 heteroatoms. The molecule has 0 aliphatic carbocycles. The molecule has 31 heavy (non-hydrogen) atoms. The number of carbonyl (C=O) groups is 1. The predicted molar refractivity (Wildman–Crippen MR) is 119 cm³/mol. The molecule has 1 N–H and O–H groups in total. The molecule has 1 aliphatic heterocycles. The average molecular weight is 443 g/mol. The highest BCUT2D eigenvalue weighted by Crippen LogP contribution is 2.27. The van der Waals surface area contributed by atoms with Gasteiger partial charge in [-0.25, -0.2) is 19.0 Å². The van der Waals surface area contributed by atoms with Crippen molar-refractivity contribution in [2.24, 2.45) is 0 Å². The maximum Gasteiger partial charge on any atom is 0.277 e. The monoisotopic (exact) mass is 442 g/mol.